The van der Waals surface area contributed by atoms with E-state index in [4.69, 9.17) is 33.2 Å². The zero-order chi connectivity index (χ0) is 22.9. The molecule has 0 amide bonds. The molecule has 1 aliphatic carbocycles. The highest BCUT2D eigenvalue weighted by molar-refractivity contribution is 7.90. The maximum atomic E-state index is 11.8. The summed E-state index contributed by atoms with van der Waals surface area (Å²) in [4.78, 5) is 2.65. The van der Waals surface area contributed by atoms with Crippen LogP contribution in [0.15, 0.2) is 41.3 Å². The van der Waals surface area contributed by atoms with Gasteiger partial charge >= 0.3 is 0 Å². The first-order valence-electron chi connectivity index (χ1n) is 10.5. The maximum absolute atomic E-state index is 11.8. The number of nitriles is 1. The second-order valence-corrected chi connectivity index (χ2v) is 11.2. The van der Waals surface area contributed by atoms with Crippen LogP contribution < -0.4 is 10.1 Å². The van der Waals surface area contributed by atoms with Crippen molar-refractivity contribution in [3.63, 3.8) is 0 Å². The van der Waals surface area contributed by atoms with Crippen LogP contribution in [-0.4, -0.2) is 51.3 Å². The normalized spacial score (nSPS) is 23.5. The van der Waals surface area contributed by atoms with Crippen molar-refractivity contribution in [2.75, 3.05) is 25.9 Å². The summed E-state index contributed by atoms with van der Waals surface area (Å²) in [6.45, 7) is 2.08. The second kappa shape index (κ2) is 9.58. The van der Waals surface area contributed by atoms with Crippen LogP contribution in [0, 0.1) is 11.3 Å². The number of likely N-dealkylation sites (tertiary alicyclic amines) is 1. The summed E-state index contributed by atoms with van der Waals surface area (Å²) in [5, 5.41) is 13.4. The largest absolute Gasteiger partial charge is 0.484 e. The molecule has 1 fully saturated rings. The van der Waals surface area contributed by atoms with Crippen molar-refractivity contribution < 1.29 is 13.2 Å². The lowest BCUT2D eigenvalue weighted by molar-refractivity contribution is 0.0551. The van der Waals surface area contributed by atoms with Crippen LogP contribution in [0.25, 0.3) is 0 Å². The molecule has 1 saturated heterocycles. The smallest absolute Gasteiger partial charge is 0.175 e. The third kappa shape index (κ3) is 5.05. The predicted molar refractivity (Wildman–Crippen MR) is 125 cm³/mol. The average Bonchev–Trinajstić information content (AvgIpc) is 3.11. The Morgan fingerprint density at radius 3 is 2.69 bits per heavy atom. The summed E-state index contributed by atoms with van der Waals surface area (Å²) in [5.41, 5.74) is 2.00. The second-order valence-electron chi connectivity index (χ2n) is 8.38. The number of halogens is 2. The highest BCUT2D eigenvalue weighted by Gasteiger charge is 2.41. The first kappa shape index (κ1) is 23.3. The van der Waals surface area contributed by atoms with E-state index in [1.165, 1.54) is 6.26 Å². The van der Waals surface area contributed by atoms with E-state index >= 15 is 0 Å². The van der Waals surface area contributed by atoms with E-state index in [-0.39, 0.29) is 23.1 Å². The molecular weight excluding hydrogens is 469 g/mol. The minimum atomic E-state index is -3.28. The Bertz CT molecular complexity index is 1130. The summed E-state index contributed by atoms with van der Waals surface area (Å²) in [6, 6.07) is 12.6. The molecular formula is C23H25Cl2N3O3S. The van der Waals surface area contributed by atoms with E-state index in [0.717, 1.165) is 43.5 Å². The quantitative estimate of drug-likeness (QED) is 0.611. The molecule has 6 nitrogen and oxygen atoms in total. The molecule has 1 aliphatic heterocycles. The minimum Gasteiger partial charge on any atom is -0.484 e. The molecule has 2 aromatic rings. The van der Waals surface area contributed by atoms with Gasteiger partial charge in [-0.15, -0.1) is 0 Å². The van der Waals surface area contributed by atoms with E-state index in [1.807, 2.05) is 6.07 Å². The third-order valence-corrected chi connectivity index (χ3v) is 7.85. The van der Waals surface area contributed by atoms with Gasteiger partial charge in [-0.3, -0.25) is 4.90 Å². The lowest BCUT2D eigenvalue weighted by Gasteiger charge is -2.39. The molecule has 3 atom stereocenters. The fourth-order valence-electron chi connectivity index (χ4n) is 4.65. The van der Waals surface area contributed by atoms with Crippen LogP contribution in [0.1, 0.15) is 30.1 Å². The van der Waals surface area contributed by atoms with Crippen molar-refractivity contribution >= 4 is 33.0 Å². The number of rotatable bonds is 6. The van der Waals surface area contributed by atoms with E-state index in [9.17, 15) is 8.42 Å². The first-order valence-corrected chi connectivity index (χ1v) is 13.2. The zero-order valence-corrected chi connectivity index (χ0v) is 20.1. The molecule has 4 rings (SSSR count). The number of ether oxygens (including phenoxy) is 1. The molecule has 0 aromatic heterocycles. The van der Waals surface area contributed by atoms with Crippen LogP contribution in [0.4, 0.5) is 0 Å². The van der Waals surface area contributed by atoms with Gasteiger partial charge in [-0.2, -0.15) is 5.26 Å². The Kier molecular flexibility index (Phi) is 6.99. The van der Waals surface area contributed by atoms with Gasteiger partial charge in [0.25, 0.3) is 0 Å². The third-order valence-electron chi connectivity index (χ3n) is 6.17. The SMILES string of the molecule is CS(=O)(=O)c1ccc(O[C@@H]2c3cc(Cl)cc(Cl)c3C[C@@H]2N2CCC[C@@H](NCC#N)C2)cc1. The summed E-state index contributed by atoms with van der Waals surface area (Å²) >= 11 is 12.9. The van der Waals surface area contributed by atoms with Crippen LogP contribution in [0.5, 0.6) is 5.75 Å². The summed E-state index contributed by atoms with van der Waals surface area (Å²) < 4.78 is 30.0. The van der Waals surface area contributed by atoms with Crippen molar-refractivity contribution in [1.29, 1.82) is 5.26 Å². The van der Waals surface area contributed by atoms with E-state index in [1.54, 1.807) is 30.3 Å². The zero-order valence-electron chi connectivity index (χ0n) is 17.7. The Hall–Kier alpha value is -1.82. The van der Waals surface area contributed by atoms with Gasteiger partial charge in [-0.1, -0.05) is 23.2 Å². The lowest BCUT2D eigenvalue weighted by atomic mass is 10.0. The van der Waals surface area contributed by atoms with Crippen LogP contribution in [-0.2, 0) is 16.3 Å². The van der Waals surface area contributed by atoms with Crippen LogP contribution >= 0.6 is 23.2 Å². The fraction of sp³-hybridized carbons (Fsp3) is 0.435. The number of hydrogen-bond acceptors (Lipinski definition) is 6. The summed E-state index contributed by atoms with van der Waals surface area (Å²) in [5.74, 6) is 0.590. The topological polar surface area (TPSA) is 82.4 Å². The molecule has 1 heterocycles. The van der Waals surface area contributed by atoms with Crippen molar-refractivity contribution in [2.24, 2.45) is 0 Å². The van der Waals surface area contributed by atoms with Gasteiger partial charge in [0.1, 0.15) is 11.9 Å². The monoisotopic (exact) mass is 493 g/mol. The molecule has 2 aromatic carbocycles. The fourth-order valence-corrected chi connectivity index (χ4v) is 5.87. The standard InChI is InChI=1S/C23H25Cl2N3O3S/c1-32(29,30)18-6-4-17(5-7-18)31-23-20-11-15(24)12-21(25)19(20)13-22(23)28-10-2-3-16(14-28)27-9-8-26/h4-7,11-12,16,22-23,27H,2-3,9-10,13-14H2,1H3/t16-,22+,23-/m1/s1. The number of sulfone groups is 1. The van der Waals surface area contributed by atoms with Gasteiger partial charge in [0.05, 0.1) is 23.6 Å². The molecule has 2 aliphatic rings. The van der Waals surface area contributed by atoms with Crippen LogP contribution in [0.3, 0.4) is 0 Å². The number of fused-ring (bicyclic) bond motifs is 1. The predicted octanol–water partition coefficient (Wildman–Crippen LogP) is 4.02. The van der Waals surface area contributed by atoms with E-state index in [2.05, 4.69) is 16.3 Å². The molecule has 0 radical (unpaired) electrons. The van der Waals surface area contributed by atoms with Gasteiger partial charge in [0.15, 0.2) is 9.84 Å². The Balaban J connectivity index is 1.62. The Labute approximate surface area is 199 Å². The van der Waals surface area contributed by atoms with Gasteiger partial charge in [-0.05, 0) is 67.8 Å². The number of nitrogens with one attached hydrogen (secondary N) is 1. The molecule has 1 N–H and O–H groups in total. The molecule has 170 valence electrons. The van der Waals surface area contributed by atoms with E-state index in [0.29, 0.717) is 22.3 Å². The maximum Gasteiger partial charge on any atom is 0.175 e. The first-order chi connectivity index (χ1) is 15.3. The Morgan fingerprint density at radius 2 is 2.00 bits per heavy atom. The van der Waals surface area contributed by atoms with E-state index < -0.39 is 9.84 Å². The summed E-state index contributed by atoms with van der Waals surface area (Å²) in [7, 11) is -3.28. The van der Waals surface area contributed by atoms with Crippen molar-refractivity contribution in [3.8, 4) is 11.8 Å². The highest BCUT2D eigenvalue weighted by atomic mass is 35.5. The van der Waals surface area contributed by atoms with Gasteiger partial charge < -0.3 is 10.1 Å². The number of nitrogens with zero attached hydrogens (tertiary/aromatic N) is 2. The van der Waals surface area contributed by atoms with Gasteiger partial charge in [-0.25, -0.2) is 8.42 Å². The van der Waals surface area contributed by atoms with Crippen molar-refractivity contribution in [3.05, 3.63) is 57.6 Å². The van der Waals surface area contributed by atoms with Gasteiger partial charge in [0.2, 0.25) is 0 Å². The lowest BCUT2D eigenvalue weighted by Crippen LogP contribution is -2.51. The molecule has 9 heteroatoms. The summed E-state index contributed by atoms with van der Waals surface area (Å²) in [6.07, 6.45) is 3.69. The molecule has 0 unspecified atom stereocenters. The van der Waals surface area contributed by atoms with Crippen molar-refractivity contribution in [2.45, 2.75) is 42.3 Å². The number of benzene rings is 2. The Morgan fingerprint density at radius 1 is 1.25 bits per heavy atom. The number of hydrogen-bond donors (Lipinski definition) is 1. The average molecular weight is 494 g/mol. The molecule has 0 bridgehead atoms. The highest BCUT2D eigenvalue weighted by Crippen LogP contribution is 2.43. The van der Waals surface area contributed by atoms with Crippen LogP contribution in [0.2, 0.25) is 10.0 Å². The number of piperidine rings is 1. The van der Waals surface area contributed by atoms with Crippen molar-refractivity contribution in [1.82, 2.24) is 10.2 Å². The minimum absolute atomic E-state index is 0.0576. The molecule has 32 heavy (non-hydrogen) atoms. The van der Waals surface area contributed by atoms with Gasteiger partial charge in [0, 0.05) is 34.5 Å². The molecule has 0 saturated carbocycles. The molecule has 0 spiro atoms.